The van der Waals surface area contributed by atoms with Gasteiger partial charge < -0.3 is 9.80 Å². The predicted molar refractivity (Wildman–Crippen MR) is 91.1 cm³/mol. The summed E-state index contributed by atoms with van der Waals surface area (Å²) in [5.41, 5.74) is 0. The lowest BCUT2D eigenvalue weighted by Gasteiger charge is -2.38. The Bertz CT molecular complexity index is 435. The fourth-order valence-corrected chi connectivity index (χ4v) is 4.95. The molecule has 0 N–H and O–H groups in total. The number of fused-ring (bicyclic) bond motifs is 2. The molecule has 130 valence electrons. The van der Waals surface area contributed by atoms with Crippen molar-refractivity contribution in [2.45, 2.75) is 63.8 Å². The van der Waals surface area contributed by atoms with Crippen molar-refractivity contribution < 1.29 is 9.59 Å². The van der Waals surface area contributed by atoms with Gasteiger partial charge in [0.05, 0.1) is 0 Å². The molecule has 1 saturated heterocycles. The minimum atomic E-state index is 0.0945. The molecule has 3 atom stereocenters. The van der Waals surface area contributed by atoms with Gasteiger partial charge in [-0.3, -0.25) is 9.59 Å². The molecule has 0 radical (unpaired) electrons. The molecule has 3 aliphatic rings. The van der Waals surface area contributed by atoms with E-state index in [1.807, 2.05) is 11.9 Å². The summed E-state index contributed by atoms with van der Waals surface area (Å²) in [5.74, 6) is 1.18. The number of ketones is 1. The average molecular weight is 320 g/mol. The number of carbonyl (C=O) groups is 2. The summed E-state index contributed by atoms with van der Waals surface area (Å²) in [6, 6.07) is 0.631. The molecule has 2 bridgehead atoms. The Balaban J connectivity index is 1.50. The number of likely N-dealkylation sites (tertiary alicyclic amines) is 1. The lowest BCUT2D eigenvalue weighted by atomic mass is 9.67. The van der Waals surface area contributed by atoms with Crippen LogP contribution in [0.2, 0.25) is 0 Å². The summed E-state index contributed by atoms with van der Waals surface area (Å²) in [6.07, 6.45) is 9.78. The van der Waals surface area contributed by atoms with Crippen molar-refractivity contribution in [3.05, 3.63) is 0 Å². The number of carbonyl (C=O) groups excluding carboxylic acids is 2. The maximum Gasteiger partial charge on any atom is 0.225 e. The molecule has 3 unspecified atom stereocenters. The summed E-state index contributed by atoms with van der Waals surface area (Å²) in [6.45, 7) is 2.05. The molecule has 0 aromatic rings. The molecule has 2 saturated carbocycles. The van der Waals surface area contributed by atoms with E-state index in [-0.39, 0.29) is 23.7 Å². The molecular formula is C19H32N2O2. The maximum atomic E-state index is 12.8. The highest BCUT2D eigenvalue weighted by molar-refractivity contribution is 5.88. The van der Waals surface area contributed by atoms with Crippen molar-refractivity contribution in [3.8, 4) is 0 Å². The zero-order valence-electron chi connectivity index (χ0n) is 14.8. The van der Waals surface area contributed by atoms with E-state index in [4.69, 9.17) is 0 Å². The summed E-state index contributed by atoms with van der Waals surface area (Å²) < 4.78 is 0. The fraction of sp³-hybridized carbons (Fsp3) is 0.895. The highest BCUT2D eigenvalue weighted by Gasteiger charge is 2.41. The van der Waals surface area contributed by atoms with Gasteiger partial charge in [0.15, 0.2) is 0 Å². The van der Waals surface area contributed by atoms with Crippen LogP contribution >= 0.6 is 0 Å². The van der Waals surface area contributed by atoms with Crippen molar-refractivity contribution in [1.82, 2.24) is 9.80 Å². The Morgan fingerprint density at radius 1 is 1.13 bits per heavy atom. The van der Waals surface area contributed by atoms with Gasteiger partial charge in [-0.25, -0.2) is 0 Å². The molecule has 0 aromatic heterocycles. The van der Waals surface area contributed by atoms with E-state index in [0.717, 1.165) is 38.6 Å². The van der Waals surface area contributed by atoms with Crippen LogP contribution in [0.5, 0.6) is 0 Å². The first-order valence-corrected chi connectivity index (χ1v) is 9.55. The highest BCUT2D eigenvalue weighted by atomic mass is 16.2. The van der Waals surface area contributed by atoms with Gasteiger partial charge in [0, 0.05) is 37.4 Å². The molecule has 1 aliphatic heterocycles. The van der Waals surface area contributed by atoms with Crippen LogP contribution in [0.4, 0.5) is 0 Å². The first-order valence-electron chi connectivity index (χ1n) is 9.55. The Morgan fingerprint density at radius 3 is 2.48 bits per heavy atom. The molecule has 0 spiro atoms. The normalized spacial score (nSPS) is 35.1. The highest BCUT2D eigenvalue weighted by Crippen LogP contribution is 2.40. The van der Waals surface area contributed by atoms with Gasteiger partial charge in [-0.05, 0) is 58.5 Å². The first kappa shape index (κ1) is 16.9. The number of hydrogen-bond acceptors (Lipinski definition) is 3. The molecule has 1 heterocycles. The van der Waals surface area contributed by atoms with Crippen LogP contribution in [-0.4, -0.2) is 54.7 Å². The van der Waals surface area contributed by atoms with E-state index >= 15 is 0 Å². The summed E-state index contributed by atoms with van der Waals surface area (Å²) >= 11 is 0. The van der Waals surface area contributed by atoms with Crippen LogP contribution in [0.15, 0.2) is 0 Å². The molecule has 0 aromatic carbocycles. The van der Waals surface area contributed by atoms with Gasteiger partial charge in [-0.15, -0.1) is 0 Å². The zero-order valence-corrected chi connectivity index (χ0v) is 14.8. The van der Waals surface area contributed by atoms with Gasteiger partial charge in [0.1, 0.15) is 5.78 Å². The number of Topliss-reactive ketones (excluding diaryl/α,β-unsaturated/α-hetero) is 1. The smallest absolute Gasteiger partial charge is 0.225 e. The second-order valence-corrected chi connectivity index (χ2v) is 8.07. The minimum absolute atomic E-state index is 0.0945. The van der Waals surface area contributed by atoms with E-state index < -0.39 is 0 Å². The van der Waals surface area contributed by atoms with Gasteiger partial charge in [-0.2, -0.15) is 0 Å². The van der Waals surface area contributed by atoms with Crippen LogP contribution in [-0.2, 0) is 9.59 Å². The first-order chi connectivity index (χ1) is 11.1. The SMILES string of the molecule is CN(CCC1CCCCN1C)C(=O)C1CC2CCCC(C1)C2=O. The van der Waals surface area contributed by atoms with E-state index in [0.29, 0.717) is 11.8 Å². The summed E-state index contributed by atoms with van der Waals surface area (Å²) in [4.78, 5) is 29.4. The Hall–Kier alpha value is -0.900. The minimum Gasteiger partial charge on any atom is -0.345 e. The predicted octanol–water partition coefficient (Wildman–Crippen LogP) is 2.71. The Labute approximate surface area is 140 Å². The molecule has 2 aliphatic carbocycles. The molecule has 3 rings (SSSR count). The topological polar surface area (TPSA) is 40.6 Å². The maximum absolute atomic E-state index is 12.8. The standard InChI is InChI=1S/C19H32N2O2/c1-20-10-4-3-8-17(20)9-11-21(2)19(23)16-12-14-6-5-7-15(13-16)18(14)22/h14-17H,3-13H2,1-2H3. The largest absolute Gasteiger partial charge is 0.345 e. The van der Waals surface area contributed by atoms with Crippen LogP contribution in [0.1, 0.15) is 57.8 Å². The third-order valence-corrected chi connectivity index (χ3v) is 6.49. The molecule has 23 heavy (non-hydrogen) atoms. The van der Waals surface area contributed by atoms with Crippen LogP contribution in [0.25, 0.3) is 0 Å². The third kappa shape index (κ3) is 3.78. The van der Waals surface area contributed by atoms with Gasteiger partial charge in [-0.1, -0.05) is 12.8 Å². The van der Waals surface area contributed by atoms with Crippen molar-refractivity contribution in [3.63, 3.8) is 0 Å². The molecular weight excluding hydrogens is 288 g/mol. The number of rotatable bonds is 4. The fourth-order valence-electron chi connectivity index (χ4n) is 4.95. The van der Waals surface area contributed by atoms with Gasteiger partial charge in [0.2, 0.25) is 5.91 Å². The molecule has 4 nitrogen and oxygen atoms in total. The summed E-state index contributed by atoms with van der Waals surface area (Å²) in [7, 11) is 4.16. The number of nitrogens with zero attached hydrogens (tertiary/aromatic N) is 2. The second-order valence-electron chi connectivity index (χ2n) is 8.07. The number of piperidine rings is 1. The average Bonchev–Trinajstić information content (AvgIpc) is 2.53. The molecule has 4 heteroatoms. The van der Waals surface area contributed by atoms with E-state index in [2.05, 4.69) is 11.9 Å². The van der Waals surface area contributed by atoms with Crippen molar-refractivity contribution >= 4 is 11.7 Å². The lowest BCUT2D eigenvalue weighted by molar-refractivity contribution is -0.142. The van der Waals surface area contributed by atoms with Crippen molar-refractivity contribution in [2.75, 3.05) is 27.2 Å². The monoisotopic (exact) mass is 320 g/mol. The van der Waals surface area contributed by atoms with Crippen LogP contribution in [0.3, 0.4) is 0 Å². The van der Waals surface area contributed by atoms with E-state index in [1.165, 1.54) is 32.2 Å². The van der Waals surface area contributed by atoms with Crippen LogP contribution < -0.4 is 0 Å². The lowest BCUT2D eigenvalue weighted by Crippen LogP contribution is -2.44. The molecule has 3 fully saturated rings. The zero-order chi connectivity index (χ0) is 16.4. The van der Waals surface area contributed by atoms with Crippen molar-refractivity contribution in [1.29, 1.82) is 0 Å². The Morgan fingerprint density at radius 2 is 1.83 bits per heavy atom. The third-order valence-electron chi connectivity index (χ3n) is 6.49. The quantitative estimate of drug-likeness (QED) is 0.800. The number of hydrogen-bond donors (Lipinski definition) is 0. The molecule has 1 amide bonds. The summed E-state index contributed by atoms with van der Waals surface area (Å²) in [5, 5.41) is 0. The van der Waals surface area contributed by atoms with Crippen molar-refractivity contribution in [2.24, 2.45) is 17.8 Å². The van der Waals surface area contributed by atoms with E-state index in [1.54, 1.807) is 0 Å². The van der Waals surface area contributed by atoms with Crippen LogP contribution in [0, 0.1) is 17.8 Å². The second kappa shape index (κ2) is 7.33. The van der Waals surface area contributed by atoms with E-state index in [9.17, 15) is 9.59 Å². The Kier molecular flexibility index (Phi) is 5.40. The number of amides is 1. The van der Waals surface area contributed by atoms with Gasteiger partial charge >= 0.3 is 0 Å². The van der Waals surface area contributed by atoms with Gasteiger partial charge in [0.25, 0.3) is 0 Å².